The summed E-state index contributed by atoms with van der Waals surface area (Å²) < 4.78 is 37.7. The molecule has 1 aliphatic rings. The first-order valence-corrected chi connectivity index (χ1v) is 14.7. The van der Waals surface area contributed by atoms with E-state index in [0.29, 0.717) is 36.0 Å². The molecule has 0 radical (unpaired) electrons. The van der Waals surface area contributed by atoms with Crippen LogP contribution in [0.2, 0.25) is 0 Å². The maximum Gasteiger partial charge on any atom is 0.333 e. The molecule has 3 rings (SSSR count). The van der Waals surface area contributed by atoms with Gasteiger partial charge in [0.1, 0.15) is 24.1 Å². The van der Waals surface area contributed by atoms with Gasteiger partial charge >= 0.3 is 5.97 Å². The number of carbonyl (C=O) groups is 2. The van der Waals surface area contributed by atoms with Crippen molar-refractivity contribution in [3.05, 3.63) is 94.6 Å². The molecule has 44 heavy (non-hydrogen) atoms. The third-order valence-electron chi connectivity index (χ3n) is 6.94. The first kappa shape index (κ1) is 35.9. The zero-order valence-corrected chi connectivity index (χ0v) is 25.5. The van der Waals surface area contributed by atoms with Gasteiger partial charge in [0.25, 0.3) is 11.0 Å². The Morgan fingerprint density at radius 1 is 1.14 bits per heavy atom. The Hall–Kier alpha value is -4.28. The highest BCUT2D eigenvalue weighted by Gasteiger charge is 2.28. The van der Waals surface area contributed by atoms with Crippen LogP contribution in [0.5, 0.6) is 11.5 Å². The minimum atomic E-state index is -2.90. The van der Waals surface area contributed by atoms with E-state index in [0.717, 1.165) is 31.8 Å². The Bertz CT molecular complexity index is 1240. The lowest BCUT2D eigenvalue weighted by atomic mass is 9.97. The topological polar surface area (TPSA) is 117 Å². The number of carbonyl (C=O) groups excluding carboxylic acids is 2. The van der Waals surface area contributed by atoms with Crippen LogP contribution >= 0.6 is 0 Å². The summed E-state index contributed by atoms with van der Waals surface area (Å²) in [4.78, 5) is 38.5. The normalized spacial score (nSPS) is 17.0. The van der Waals surface area contributed by atoms with E-state index in [1.807, 2.05) is 25.1 Å². The van der Waals surface area contributed by atoms with Gasteiger partial charge in [-0.3, -0.25) is 4.79 Å². The first-order valence-electron chi connectivity index (χ1n) is 14.7. The summed E-state index contributed by atoms with van der Waals surface area (Å²) in [7, 11) is 0. The minimum absolute atomic E-state index is 0.156. The molecule has 1 N–H and O–H groups in total. The second-order valence-corrected chi connectivity index (χ2v) is 10.6. The number of para-hydroxylation sites is 2. The van der Waals surface area contributed by atoms with Gasteiger partial charge in [-0.05, 0) is 69.2 Å². The number of benzene rings is 2. The number of esters is 1. The van der Waals surface area contributed by atoms with Crippen LogP contribution in [-0.4, -0.2) is 35.5 Å². The molecule has 0 bridgehead atoms. The average Bonchev–Trinajstić information content (AvgIpc) is 3.42. The van der Waals surface area contributed by atoms with E-state index in [-0.39, 0.29) is 18.3 Å². The predicted molar refractivity (Wildman–Crippen MR) is 163 cm³/mol. The molecule has 0 saturated heterocycles. The first-order chi connectivity index (χ1) is 21.0. The quantitative estimate of drug-likeness (QED) is 0.0560. The largest absolute Gasteiger partial charge is 0.487 e. The third-order valence-corrected chi connectivity index (χ3v) is 6.94. The molecule has 1 amide bonds. The molecule has 9 nitrogen and oxygen atoms in total. The maximum absolute atomic E-state index is 13.7. The molecule has 0 aliphatic heterocycles. The molecule has 1 aliphatic carbocycles. The standard InChI is InChI=1S/C17H22N2O6.C16H20F2O/c1-3-4-5-6-11-16(20)18-13(2)17(21)25-15-10-8-7-9-14(15)12-24-19(22)23;1-13-6-5-7-14(13)10-11-16(17,18)12-19-15-8-3-2-4-9-15/h3-4,7-10,13H,5-6,11-12H2,1-2H3,(H,18,20);2-4,8-11,13-14H,5-7,12H2,1H3/b4-3-;11-10+. The lowest BCUT2D eigenvalue weighted by molar-refractivity contribution is -0.763. The van der Waals surface area contributed by atoms with Crippen LogP contribution < -0.4 is 14.8 Å². The summed E-state index contributed by atoms with van der Waals surface area (Å²) in [6.07, 6.45) is 11.7. The van der Waals surface area contributed by atoms with E-state index in [2.05, 4.69) is 17.1 Å². The summed E-state index contributed by atoms with van der Waals surface area (Å²) in [5, 5.41) is 11.9. The van der Waals surface area contributed by atoms with Gasteiger partial charge in [0, 0.05) is 12.0 Å². The third kappa shape index (κ3) is 14.3. The van der Waals surface area contributed by atoms with Crippen molar-refractivity contribution < 1.29 is 37.8 Å². The second kappa shape index (κ2) is 19.1. The fourth-order valence-electron chi connectivity index (χ4n) is 4.43. The van der Waals surface area contributed by atoms with Gasteiger partial charge in [-0.15, -0.1) is 10.1 Å². The van der Waals surface area contributed by atoms with Crippen LogP contribution in [0.4, 0.5) is 8.78 Å². The summed E-state index contributed by atoms with van der Waals surface area (Å²) in [6.45, 7) is 4.62. The Balaban J connectivity index is 0.000000317. The number of nitrogens with one attached hydrogen (secondary N) is 1. The summed E-state index contributed by atoms with van der Waals surface area (Å²) >= 11 is 0. The van der Waals surface area contributed by atoms with Crippen molar-refractivity contribution in [1.82, 2.24) is 5.32 Å². The maximum atomic E-state index is 13.7. The average molecular weight is 617 g/mol. The molecule has 1 fully saturated rings. The second-order valence-electron chi connectivity index (χ2n) is 10.6. The summed E-state index contributed by atoms with van der Waals surface area (Å²) in [5.74, 6) is -2.36. The number of ether oxygens (including phenoxy) is 2. The number of amides is 1. The van der Waals surface area contributed by atoms with Crippen LogP contribution in [0, 0.1) is 22.0 Å². The number of alkyl halides is 2. The molecule has 0 aromatic heterocycles. The fourth-order valence-corrected chi connectivity index (χ4v) is 4.43. The van der Waals surface area contributed by atoms with E-state index < -0.39 is 29.6 Å². The molecule has 1 saturated carbocycles. The van der Waals surface area contributed by atoms with Gasteiger partial charge in [0.05, 0.1) is 0 Å². The zero-order chi connectivity index (χ0) is 32.4. The minimum Gasteiger partial charge on any atom is -0.487 e. The number of allylic oxidation sites excluding steroid dienone is 3. The highest BCUT2D eigenvalue weighted by Crippen LogP contribution is 2.33. The van der Waals surface area contributed by atoms with Crippen molar-refractivity contribution in [3.63, 3.8) is 0 Å². The van der Waals surface area contributed by atoms with E-state index in [9.17, 15) is 28.5 Å². The van der Waals surface area contributed by atoms with Crippen LogP contribution in [0.25, 0.3) is 0 Å². The highest BCUT2D eigenvalue weighted by molar-refractivity contribution is 5.85. The van der Waals surface area contributed by atoms with Crippen molar-refractivity contribution >= 4 is 11.9 Å². The Morgan fingerprint density at radius 2 is 1.84 bits per heavy atom. The van der Waals surface area contributed by atoms with Gasteiger partial charge in [-0.25, -0.2) is 4.79 Å². The molecule has 0 spiro atoms. The number of hydrogen-bond donors (Lipinski definition) is 1. The Morgan fingerprint density at radius 3 is 2.50 bits per heavy atom. The molecule has 11 heteroatoms. The molecule has 2 aromatic carbocycles. The van der Waals surface area contributed by atoms with Crippen molar-refractivity contribution in [2.24, 2.45) is 11.8 Å². The molecular weight excluding hydrogens is 574 g/mol. The van der Waals surface area contributed by atoms with Crippen molar-refractivity contribution in [1.29, 1.82) is 0 Å². The lowest BCUT2D eigenvalue weighted by Gasteiger charge is -2.15. The van der Waals surface area contributed by atoms with Crippen molar-refractivity contribution in [3.8, 4) is 11.5 Å². The predicted octanol–water partition coefficient (Wildman–Crippen LogP) is 7.24. The van der Waals surface area contributed by atoms with E-state index in [1.165, 1.54) is 13.0 Å². The highest BCUT2D eigenvalue weighted by atomic mass is 19.3. The smallest absolute Gasteiger partial charge is 0.333 e. The SMILES string of the molecule is C/C=C\CCCC(=O)NC(C)C(=O)Oc1ccccc1CO[N+](=O)[O-].CC1CCCC1/C=C/C(F)(F)COc1ccccc1. The lowest BCUT2D eigenvalue weighted by Crippen LogP contribution is -2.40. The van der Waals surface area contributed by atoms with Crippen molar-refractivity contribution in [2.45, 2.75) is 77.9 Å². The van der Waals surface area contributed by atoms with E-state index >= 15 is 0 Å². The number of nitrogens with zero attached hydrogens (tertiary/aromatic N) is 1. The number of hydrogen-bond acceptors (Lipinski definition) is 7. The van der Waals surface area contributed by atoms with Gasteiger partial charge in [-0.1, -0.05) is 74.4 Å². The van der Waals surface area contributed by atoms with Gasteiger partial charge in [0.15, 0.2) is 6.61 Å². The molecule has 240 valence electrons. The molecule has 2 aromatic rings. The molecular formula is C33H42F2N2O7. The van der Waals surface area contributed by atoms with Crippen LogP contribution in [0.1, 0.15) is 64.9 Å². The summed E-state index contributed by atoms with van der Waals surface area (Å²) in [6, 6.07) is 14.2. The number of rotatable bonds is 15. The monoisotopic (exact) mass is 616 g/mol. The van der Waals surface area contributed by atoms with Crippen LogP contribution in [-0.2, 0) is 21.0 Å². The van der Waals surface area contributed by atoms with Gasteiger partial charge in [-0.2, -0.15) is 8.78 Å². The van der Waals surface area contributed by atoms with Gasteiger partial charge < -0.3 is 19.6 Å². The number of halogens is 2. The Labute approximate surface area is 257 Å². The van der Waals surface area contributed by atoms with Gasteiger partial charge in [0.2, 0.25) is 5.91 Å². The zero-order valence-electron chi connectivity index (χ0n) is 25.5. The molecule has 3 unspecified atom stereocenters. The van der Waals surface area contributed by atoms with E-state index in [1.54, 1.807) is 48.5 Å². The fraction of sp³-hybridized carbons (Fsp3) is 0.455. The molecule has 3 atom stereocenters. The van der Waals surface area contributed by atoms with Crippen LogP contribution in [0.3, 0.4) is 0 Å². The van der Waals surface area contributed by atoms with Crippen molar-refractivity contribution in [2.75, 3.05) is 6.61 Å². The summed E-state index contributed by atoms with van der Waals surface area (Å²) in [5.41, 5.74) is 0.359. The number of unbranched alkanes of at least 4 members (excludes halogenated alkanes) is 1. The Kier molecular flexibility index (Phi) is 15.6. The molecule has 0 heterocycles. The van der Waals surface area contributed by atoms with Crippen LogP contribution in [0.15, 0.2) is 78.9 Å². The van der Waals surface area contributed by atoms with E-state index in [4.69, 9.17) is 9.47 Å².